The minimum absolute atomic E-state index is 0.0293. The van der Waals surface area contributed by atoms with Crippen molar-refractivity contribution in [2.24, 2.45) is 0 Å². The van der Waals surface area contributed by atoms with Gasteiger partial charge < -0.3 is 24.6 Å². The van der Waals surface area contributed by atoms with Gasteiger partial charge in [-0.3, -0.25) is 43.9 Å². The van der Waals surface area contributed by atoms with Crippen molar-refractivity contribution in [1.82, 2.24) is 29.8 Å². The average molecular weight is 938 g/mol. The highest BCUT2D eigenvalue weighted by Crippen LogP contribution is 2.41. The molecule has 0 spiro atoms. The first-order valence-corrected chi connectivity index (χ1v) is 23.2. The number of likely N-dealkylation sites (tertiary alicyclic amines) is 1. The van der Waals surface area contributed by atoms with E-state index in [-0.39, 0.29) is 60.5 Å². The van der Waals surface area contributed by atoms with Crippen LogP contribution in [-0.4, -0.2) is 92.2 Å². The summed E-state index contributed by atoms with van der Waals surface area (Å²) in [4.78, 5) is 87.7. The van der Waals surface area contributed by atoms with Gasteiger partial charge in [-0.25, -0.2) is 13.8 Å². The van der Waals surface area contributed by atoms with E-state index in [4.69, 9.17) is 9.51 Å². The van der Waals surface area contributed by atoms with Gasteiger partial charge in [0.25, 0.3) is 11.8 Å². The molecule has 4 aliphatic rings. The number of nitrogens with one attached hydrogen (secondary N) is 3. The van der Waals surface area contributed by atoms with Gasteiger partial charge >= 0.3 is 0 Å². The van der Waals surface area contributed by atoms with E-state index in [2.05, 4.69) is 30.6 Å². The van der Waals surface area contributed by atoms with E-state index in [0.717, 1.165) is 50.5 Å². The van der Waals surface area contributed by atoms with Crippen molar-refractivity contribution >= 4 is 63.5 Å². The topological polar surface area (TPSA) is 192 Å². The Balaban J connectivity index is 0.783. The molecule has 69 heavy (non-hydrogen) atoms. The molecule has 18 heteroatoms. The largest absolute Gasteiger partial charge is 0.384 e. The monoisotopic (exact) mass is 937 g/mol. The molecule has 10 rings (SSSR count). The summed E-state index contributed by atoms with van der Waals surface area (Å²) in [5.74, 6) is -3.25. The molecule has 0 aliphatic carbocycles. The number of hydrogen-bond donors (Lipinski definition) is 3. The van der Waals surface area contributed by atoms with Crippen LogP contribution in [0.2, 0.25) is 0 Å². The normalized spacial score (nSPS) is 19.1. The second kappa shape index (κ2) is 18.5. The zero-order chi connectivity index (χ0) is 48.1. The number of halogens is 2. The van der Waals surface area contributed by atoms with Crippen LogP contribution in [0.25, 0.3) is 22.2 Å². The van der Waals surface area contributed by atoms with E-state index >= 15 is 0 Å². The van der Waals surface area contributed by atoms with Crippen molar-refractivity contribution in [3.63, 3.8) is 0 Å². The minimum atomic E-state index is -1.05. The van der Waals surface area contributed by atoms with Gasteiger partial charge in [0.2, 0.25) is 23.6 Å². The standard InChI is InChI=1S/C51H49F2N9O7/c1-28-46(29(2)69-58-28)31-11-16-40-39(25-31)56-48(41-7-4-8-45(65)60(41)34-14-15-36(52)37(53)26-34)61(40)33-20-23-59(24-21-33)27-44(64)55-32-12-9-30(10-13-32)19-22-54-38-6-3-5-35-47(38)51(68)62(50(35)67)42-17-18-43(63)57-49(42)66/h3,5-6,9-16,25-26,33,41-42,54H,4,7-8,17-24,27H2,1-2H3,(H,55,64)(H,57,63,66)/t41-,42?/m0/s1. The summed E-state index contributed by atoms with van der Waals surface area (Å²) in [5, 5.41) is 12.6. The second-order valence-corrected chi connectivity index (χ2v) is 18.1. The maximum atomic E-state index is 14.6. The number of nitrogens with zero attached hydrogens (tertiary/aromatic N) is 6. The third-order valence-corrected chi connectivity index (χ3v) is 13.7. The van der Waals surface area contributed by atoms with Crippen LogP contribution in [0.3, 0.4) is 0 Å². The number of imide groups is 2. The van der Waals surface area contributed by atoms with Crippen LogP contribution in [-0.2, 0) is 25.6 Å². The molecule has 1 unspecified atom stereocenters. The number of piperidine rings is 3. The number of imidazole rings is 1. The van der Waals surface area contributed by atoms with Gasteiger partial charge in [0, 0.05) is 67.2 Å². The van der Waals surface area contributed by atoms with Crippen molar-refractivity contribution in [1.29, 1.82) is 0 Å². The van der Waals surface area contributed by atoms with Crippen LogP contribution < -0.4 is 20.9 Å². The number of carbonyl (C=O) groups is 6. The fraction of sp³-hybridized carbons (Fsp3) is 0.333. The molecular formula is C51H49F2N9O7. The van der Waals surface area contributed by atoms with E-state index in [1.807, 2.05) is 56.3 Å². The number of hydrogen-bond acceptors (Lipinski definition) is 11. The van der Waals surface area contributed by atoms with E-state index in [1.54, 1.807) is 23.1 Å². The van der Waals surface area contributed by atoms with E-state index in [1.165, 1.54) is 6.07 Å². The number of amides is 6. The SMILES string of the molecule is Cc1noc(C)c1-c1ccc2c(c1)nc([C@@H]1CCCC(=O)N1c1ccc(F)c(F)c1)n2C1CCN(CC(=O)Nc2ccc(CCNc3cccc4c3C(=O)N(C3CCC(=O)NC3=O)C4=O)cc2)CC1. The van der Waals surface area contributed by atoms with Crippen LogP contribution in [0.4, 0.5) is 25.8 Å². The smallest absolute Gasteiger partial charge is 0.264 e. The first-order valence-electron chi connectivity index (χ1n) is 23.2. The molecule has 6 amide bonds. The Morgan fingerprint density at radius 2 is 1.62 bits per heavy atom. The summed E-state index contributed by atoms with van der Waals surface area (Å²) in [6.07, 6.45) is 3.55. The van der Waals surface area contributed by atoms with Gasteiger partial charge in [-0.2, -0.15) is 0 Å². The highest BCUT2D eigenvalue weighted by Gasteiger charge is 2.46. The number of fused-ring (bicyclic) bond motifs is 2. The Bertz CT molecular complexity index is 3050. The minimum Gasteiger partial charge on any atom is -0.384 e. The third-order valence-electron chi connectivity index (χ3n) is 13.7. The van der Waals surface area contributed by atoms with Crippen molar-refractivity contribution in [2.75, 3.05) is 41.7 Å². The van der Waals surface area contributed by atoms with Gasteiger partial charge in [0.1, 0.15) is 17.6 Å². The zero-order valence-corrected chi connectivity index (χ0v) is 38.0. The molecule has 3 fully saturated rings. The summed E-state index contributed by atoms with van der Waals surface area (Å²) in [5.41, 5.74) is 6.90. The van der Waals surface area contributed by atoms with Gasteiger partial charge in [-0.1, -0.05) is 29.4 Å². The first-order chi connectivity index (χ1) is 33.3. The molecule has 6 aromatic rings. The lowest BCUT2D eigenvalue weighted by molar-refractivity contribution is -0.136. The molecule has 16 nitrogen and oxygen atoms in total. The molecule has 3 N–H and O–H groups in total. The summed E-state index contributed by atoms with van der Waals surface area (Å²) in [6.45, 7) is 5.61. The number of anilines is 3. The van der Waals surface area contributed by atoms with E-state index in [0.29, 0.717) is 74.7 Å². The van der Waals surface area contributed by atoms with E-state index < -0.39 is 47.3 Å². The number of benzene rings is 4. The highest BCUT2D eigenvalue weighted by atomic mass is 19.2. The van der Waals surface area contributed by atoms with E-state index in [9.17, 15) is 37.5 Å². The molecule has 0 saturated carbocycles. The first kappa shape index (κ1) is 45.2. The fourth-order valence-electron chi connectivity index (χ4n) is 10.4. The van der Waals surface area contributed by atoms with Crippen LogP contribution in [0.1, 0.15) is 101 Å². The predicted octanol–water partition coefficient (Wildman–Crippen LogP) is 7.18. The molecule has 2 aromatic heterocycles. The number of carbonyl (C=O) groups excluding carboxylic acids is 6. The molecule has 354 valence electrons. The molecule has 2 atom stereocenters. The molecule has 6 heterocycles. The quantitative estimate of drug-likeness (QED) is 0.105. The van der Waals surface area contributed by atoms with Crippen LogP contribution in [0.15, 0.2) is 83.4 Å². The molecule has 4 aliphatic heterocycles. The second-order valence-electron chi connectivity index (χ2n) is 18.1. The average Bonchev–Trinajstić information content (AvgIpc) is 3.97. The zero-order valence-electron chi connectivity index (χ0n) is 38.0. The maximum Gasteiger partial charge on any atom is 0.264 e. The lowest BCUT2D eigenvalue weighted by Crippen LogP contribution is -2.54. The number of aromatic nitrogens is 3. The summed E-state index contributed by atoms with van der Waals surface area (Å²) in [7, 11) is 0. The van der Waals surface area contributed by atoms with Gasteiger partial charge in [0.05, 0.1) is 40.4 Å². The van der Waals surface area contributed by atoms with Gasteiger partial charge in [-0.05, 0) is 112 Å². The van der Waals surface area contributed by atoms with Crippen LogP contribution >= 0.6 is 0 Å². The highest BCUT2D eigenvalue weighted by molar-refractivity contribution is 6.25. The predicted molar refractivity (Wildman–Crippen MR) is 250 cm³/mol. The Kier molecular flexibility index (Phi) is 12.1. The van der Waals surface area contributed by atoms with Crippen LogP contribution in [0.5, 0.6) is 0 Å². The van der Waals surface area contributed by atoms with Crippen molar-refractivity contribution in [3.05, 3.63) is 124 Å². The third kappa shape index (κ3) is 8.64. The number of rotatable bonds is 12. The molecule has 4 aromatic carbocycles. The van der Waals surface area contributed by atoms with Gasteiger partial charge in [-0.15, -0.1) is 0 Å². The Labute approximate surface area is 395 Å². The lowest BCUT2D eigenvalue weighted by atomic mass is 9.98. The summed E-state index contributed by atoms with van der Waals surface area (Å²) in [6, 6.07) is 20.4. The number of aryl methyl sites for hydroxylation is 2. The Hall–Kier alpha value is -7.60. The molecule has 3 saturated heterocycles. The molecule has 0 radical (unpaired) electrons. The molecular weight excluding hydrogens is 889 g/mol. The maximum absolute atomic E-state index is 14.6. The lowest BCUT2D eigenvalue weighted by Gasteiger charge is -2.38. The summed E-state index contributed by atoms with van der Waals surface area (Å²) < 4.78 is 36.4. The Morgan fingerprint density at radius 3 is 2.36 bits per heavy atom. The van der Waals surface area contributed by atoms with Gasteiger partial charge in [0.15, 0.2) is 11.6 Å². The van der Waals surface area contributed by atoms with Crippen molar-refractivity contribution in [2.45, 2.75) is 83.3 Å². The Morgan fingerprint density at radius 1 is 0.826 bits per heavy atom. The van der Waals surface area contributed by atoms with Crippen molar-refractivity contribution < 1.29 is 42.1 Å². The summed E-state index contributed by atoms with van der Waals surface area (Å²) >= 11 is 0. The molecule has 0 bridgehead atoms. The van der Waals surface area contributed by atoms with Crippen LogP contribution in [0, 0.1) is 25.5 Å². The van der Waals surface area contributed by atoms with Crippen molar-refractivity contribution in [3.8, 4) is 11.1 Å². The fourth-order valence-corrected chi connectivity index (χ4v) is 10.4.